The molecule has 0 saturated carbocycles. The molecule has 1 rings (SSSR count). The molecular weight excluding hydrogens is 231 g/mol. The predicted octanol–water partition coefficient (Wildman–Crippen LogP) is 3.92. The second kappa shape index (κ2) is 5.02. The summed E-state index contributed by atoms with van der Waals surface area (Å²) in [6, 6.07) is 3.83. The lowest BCUT2D eigenvalue weighted by molar-refractivity contribution is 0.332. The molecule has 0 amide bonds. The first-order chi connectivity index (χ1) is 6.97. The highest BCUT2D eigenvalue weighted by atomic mass is 35.5. The van der Waals surface area contributed by atoms with Crippen molar-refractivity contribution in [1.29, 1.82) is 0 Å². The van der Waals surface area contributed by atoms with Crippen molar-refractivity contribution in [2.45, 2.75) is 20.8 Å². The van der Waals surface area contributed by atoms with E-state index >= 15 is 0 Å². The number of aryl methyl sites for hydroxylation is 2. The van der Waals surface area contributed by atoms with Gasteiger partial charge in [0, 0.05) is 10.1 Å². The first kappa shape index (κ1) is 12.6. The van der Waals surface area contributed by atoms with Crippen LogP contribution in [0.25, 0.3) is 5.03 Å². The van der Waals surface area contributed by atoms with Gasteiger partial charge in [0.05, 0.1) is 6.61 Å². The highest BCUT2D eigenvalue weighted by Gasteiger charge is 2.08. The van der Waals surface area contributed by atoms with Gasteiger partial charge in [0.2, 0.25) is 0 Å². The second-order valence-corrected chi connectivity index (χ2v) is 4.45. The molecule has 0 bridgehead atoms. The Hall–Kier alpha value is -0.500. The summed E-state index contributed by atoms with van der Waals surface area (Å²) in [5.74, 6) is 0. The fraction of sp³-hybridized carbons (Fsp3) is 0.333. The summed E-state index contributed by atoms with van der Waals surface area (Å²) in [4.78, 5) is 0. The molecule has 0 spiro atoms. The lowest BCUT2D eigenvalue weighted by Gasteiger charge is -2.09. The van der Waals surface area contributed by atoms with Crippen LogP contribution in [-0.4, -0.2) is 11.7 Å². The van der Waals surface area contributed by atoms with E-state index in [1.54, 1.807) is 6.92 Å². The quantitative estimate of drug-likeness (QED) is 0.837. The largest absolute Gasteiger partial charge is 0.392 e. The van der Waals surface area contributed by atoms with Crippen LogP contribution in [0.2, 0.25) is 5.02 Å². The molecule has 15 heavy (non-hydrogen) atoms. The van der Waals surface area contributed by atoms with Crippen molar-refractivity contribution < 1.29 is 5.11 Å². The van der Waals surface area contributed by atoms with Gasteiger partial charge in [-0.05, 0) is 49.1 Å². The van der Waals surface area contributed by atoms with Crippen LogP contribution in [0.4, 0.5) is 0 Å². The molecule has 0 radical (unpaired) electrons. The first-order valence-electron chi connectivity index (χ1n) is 4.70. The Labute approximate surface area is 100 Å². The number of aliphatic hydroxyl groups excluding tert-OH is 1. The summed E-state index contributed by atoms with van der Waals surface area (Å²) >= 11 is 12.2. The zero-order valence-electron chi connectivity index (χ0n) is 9.06. The standard InChI is InChI=1S/C12H14Cl2O/c1-7-4-8(2)11(13)5-10(7)12(14)9(3)6-15/h4-5,15H,6H2,1-3H3/b12-9+. The van der Waals surface area contributed by atoms with Crippen molar-refractivity contribution in [2.75, 3.05) is 6.61 Å². The van der Waals surface area contributed by atoms with Gasteiger partial charge in [-0.2, -0.15) is 0 Å². The van der Waals surface area contributed by atoms with Crippen LogP contribution in [-0.2, 0) is 0 Å². The number of aliphatic hydroxyl groups is 1. The van der Waals surface area contributed by atoms with Crippen molar-refractivity contribution >= 4 is 28.2 Å². The fourth-order valence-electron chi connectivity index (χ4n) is 1.36. The average Bonchev–Trinajstić information content (AvgIpc) is 2.21. The normalized spacial score (nSPS) is 12.7. The van der Waals surface area contributed by atoms with Crippen molar-refractivity contribution in [3.8, 4) is 0 Å². The third-order valence-electron chi connectivity index (χ3n) is 2.35. The highest BCUT2D eigenvalue weighted by molar-refractivity contribution is 6.49. The summed E-state index contributed by atoms with van der Waals surface area (Å²) in [5.41, 5.74) is 3.73. The molecule has 0 aliphatic carbocycles. The summed E-state index contributed by atoms with van der Waals surface area (Å²) < 4.78 is 0. The van der Waals surface area contributed by atoms with Crippen LogP contribution in [0.15, 0.2) is 17.7 Å². The molecule has 1 N–H and O–H groups in total. The third kappa shape index (κ3) is 2.75. The van der Waals surface area contributed by atoms with Crippen molar-refractivity contribution in [2.24, 2.45) is 0 Å². The van der Waals surface area contributed by atoms with Crippen LogP contribution < -0.4 is 0 Å². The van der Waals surface area contributed by atoms with Crippen LogP contribution in [0, 0.1) is 13.8 Å². The van der Waals surface area contributed by atoms with E-state index < -0.39 is 0 Å². The maximum absolute atomic E-state index is 9.01. The van der Waals surface area contributed by atoms with Gasteiger partial charge in [-0.1, -0.05) is 29.3 Å². The van der Waals surface area contributed by atoms with E-state index in [2.05, 4.69) is 0 Å². The monoisotopic (exact) mass is 244 g/mol. The van der Waals surface area contributed by atoms with Gasteiger partial charge in [-0.3, -0.25) is 0 Å². The molecule has 0 fully saturated rings. The van der Waals surface area contributed by atoms with E-state index in [9.17, 15) is 0 Å². The Morgan fingerprint density at radius 2 is 1.87 bits per heavy atom. The van der Waals surface area contributed by atoms with Gasteiger partial charge in [-0.15, -0.1) is 0 Å². The summed E-state index contributed by atoms with van der Waals surface area (Å²) in [6.45, 7) is 5.70. The minimum atomic E-state index is -0.0379. The Kier molecular flexibility index (Phi) is 4.21. The lowest BCUT2D eigenvalue weighted by Crippen LogP contribution is -1.92. The van der Waals surface area contributed by atoms with Crippen molar-refractivity contribution in [3.63, 3.8) is 0 Å². The molecule has 0 saturated heterocycles. The number of halogens is 2. The molecule has 0 heterocycles. The second-order valence-electron chi connectivity index (χ2n) is 3.67. The molecule has 1 aromatic rings. The molecular formula is C12H14Cl2O. The molecule has 0 atom stereocenters. The van der Waals surface area contributed by atoms with E-state index in [1.165, 1.54) is 0 Å². The molecule has 1 aromatic carbocycles. The van der Waals surface area contributed by atoms with Gasteiger partial charge in [0.1, 0.15) is 0 Å². The summed E-state index contributed by atoms with van der Waals surface area (Å²) in [7, 11) is 0. The molecule has 0 aliphatic rings. The molecule has 3 heteroatoms. The zero-order valence-corrected chi connectivity index (χ0v) is 10.6. The highest BCUT2D eigenvalue weighted by Crippen LogP contribution is 2.30. The van der Waals surface area contributed by atoms with Crippen LogP contribution >= 0.6 is 23.2 Å². The Balaban J connectivity index is 3.33. The van der Waals surface area contributed by atoms with Crippen LogP contribution in [0.5, 0.6) is 0 Å². The van der Waals surface area contributed by atoms with Crippen molar-refractivity contribution in [3.05, 3.63) is 39.4 Å². The molecule has 82 valence electrons. The van der Waals surface area contributed by atoms with E-state index in [-0.39, 0.29) is 6.61 Å². The number of hydrogen-bond donors (Lipinski definition) is 1. The Bertz CT molecular complexity index is 408. The minimum Gasteiger partial charge on any atom is -0.392 e. The SMILES string of the molecule is C/C(CO)=C(\Cl)c1cc(Cl)c(C)cc1C. The van der Waals surface area contributed by atoms with Crippen LogP contribution in [0.1, 0.15) is 23.6 Å². The maximum atomic E-state index is 9.01. The molecule has 0 aliphatic heterocycles. The fourth-order valence-corrected chi connectivity index (χ4v) is 1.79. The Morgan fingerprint density at radius 3 is 2.40 bits per heavy atom. The molecule has 1 nitrogen and oxygen atoms in total. The smallest absolute Gasteiger partial charge is 0.0656 e. The van der Waals surface area contributed by atoms with E-state index in [0.717, 1.165) is 22.3 Å². The molecule has 0 aromatic heterocycles. The minimum absolute atomic E-state index is 0.0379. The topological polar surface area (TPSA) is 20.2 Å². The van der Waals surface area contributed by atoms with Gasteiger partial charge in [-0.25, -0.2) is 0 Å². The lowest BCUT2D eigenvalue weighted by atomic mass is 10.0. The molecule has 0 unspecified atom stereocenters. The third-order valence-corrected chi connectivity index (χ3v) is 3.29. The summed E-state index contributed by atoms with van der Waals surface area (Å²) in [5, 5.41) is 10.3. The number of hydrogen-bond acceptors (Lipinski definition) is 1. The van der Waals surface area contributed by atoms with Crippen molar-refractivity contribution in [1.82, 2.24) is 0 Å². The Morgan fingerprint density at radius 1 is 1.27 bits per heavy atom. The average molecular weight is 245 g/mol. The van der Waals surface area contributed by atoms with Gasteiger partial charge >= 0.3 is 0 Å². The van der Waals surface area contributed by atoms with Gasteiger partial charge in [0.25, 0.3) is 0 Å². The maximum Gasteiger partial charge on any atom is 0.0656 e. The van der Waals surface area contributed by atoms with E-state index in [4.69, 9.17) is 28.3 Å². The van der Waals surface area contributed by atoms with E-state index in [0.29, 0.717) is 10.1 Å². The van der Waals surface area contributed by atoms with Gasteiger partial charge in [0.15, 0.2) is 0 Å². The predicted molar refractivity (Wildman–Crippen MR) is 66.5 cm³/mol. The van der Waals surface area contributed by atoms with E-state index in [1.807, 2.05) is 26.0 Å². The van der Waals surface area contributed by atoms with Gasteiger partial charge < -0.3 is 5.11 Å². The summed E-state index contributed by atoms with van der Waals surface area (Å²) in [6.07, 6.45) is 0. The first-order valence-corrected chi connectivity index (χ1v) is 5.46. The van der Waals surface area contributed by atoms with Crippen LogP contribution in [0.3, 0.4) is 0 Å². The number of benzene rings is 1. The zero-order chi connectivity index (χ0) is 11.6. The number of rotatable bonds is 2.